The highest BCUT2D eigenvalue weighted by molar-refractivity contribution is 4.86. The second-order valence-electron chi connectivity index (χ2n) is 2.07. The molecule has 9 heavy (non-hydrogen) atoms. The summed E-state index contributed by atoms with van der Waals surface area (Å²) in [6, 6.07) is 0. The zero-order valence-electron chi connectivity index (χ0n) is 6.61. The number of ether oxygens (including phenoxy) is 1. The highest BCUT2D eigenvalue weighted by Gasteiger charge is 1.84. The van der Waals surface area contributed by atoms with Crippen LogP contribution >= 0.6 is 0 Å². The van der Waals surface area contributed by atoms with Crippen molar-refractivity contribution >= 4 is 0 Å². The molecule has 1 nitrogen and oxygen atoms in total. The molecule has 0 aromatic heterocycles. The minimum atomic E-state index is 0.850. The van der Waals surface area contributed by atoms with Crippen molar-refractivity contribution in [3.8, 4) is 0 Å². The van der Waals surface area contributed by atoms with Gasteiger partial charge in [-0.2, -0.15) is 0 Å². The van der Waals surface area contributed by atoms with E-state index < -0.39 is 0 Å². The summed E-state index contributed by atoms with van der Waals surface area (Å²) in [7, 11) is 0. The minimum Gasteiger partial charge on any atom is -0.499 e. The predicted octanol–water partition coefficient (Wildman–Crippen LogP) is 2.73. The van der Waals surface area contributed by atoms with Crippen LogP contribution in [0.2, 0.25) is 0 Å². The van der Waals surface area contributed by atoms with Gasteiger partial charge in [0.2, 0.25) is 0 Å². The molecule has 0 rings (SSSR count). The Morgan fingerprint density at radius 2 is 2.11 bits per heavy atom. The summed E-state index contributed by atoms with van der Waals surface area (Å²) in [6.45, 7) is 7.07. The molecule has 0 saturated carbocycles. The van der Waals surface area contributed by atoms with Gasteiger partial charge in [0.15, 0.2) is 0 Å². The molecule has 0 spiro atoms. The molecule has 1 heteroatoms. The quantitative estimate of drug-likeness (QED) is 0.529. The standard InChI is InChI=1S/C8H16O/c1-4-6-8(3)9-7-5-2/h6H,4-5,7H2,1-3H3. The molecular formula is C8H16O. The fraction of sp³-hybridized carbons (Fsp3) is 0.750. The Morgan fingerprint density at radius 3 is 2.56 bits per heavy atom. The fourth-order valence-electron chi connectivity index (χ4n) is 0.609. The number of hydrogen-bond acceptors (Lipinski definition) is 1. The molecule has 0 amide bonds. The van der Waals surface area contributed by atoms with Crippen LogP contribution in [-0.2, 0) is 4.74 Å². The molecule has 0 bridgehead atoms. The van der Waals surface area contributed by atoms with Crippen LogP contribution in [0, 0.1) is 0 Å². The first kappa shape index (κ1) is 8.54. The predicted molar refractivity (Wildman–Crippen MR) is 40.3 cm³/mol. The SMILES string of the molecule is CCC=C(C)OCCC. The van der Waals surface area contributed by atoms with Gasteiger partial charge in [0.05, 0.1) is 12.4 Å². The van der Waals surface area contributed by atoms with E-state index in [4.69, 9.17) is 4.74 Å². The third kappa shape index (κ3) is 5.41. The van der Waals surface area contributed by atoms with Crippen molar-refractivity contribution in [1.82, 2.24) is 0 Å². The van der Waals surface area contributed by atoms with E-state index in [-0.39, 0.29) is 0 Å². The van der Waals surface area contributed by atoms with E-state index in [1.807, 2.05) is 6.92 Å². The van der Waals surface area contributed by atoms with Gasteiger partial charge in [0.25, 0.3) is 0 Å². The van der Waals surface area contributed by atoms with Crippen molar-refractivity contribution in [3.63, 3.8) is 0 Å². The van der Waals surface area contributed by atoms with Crippen molar-refractivity contribution in [2.24, 2.45) is 0 Å². The van der Waals surface area contributed by atoms with Crippen molar-refractivity contribution in [3.05, 3.63) is 11.8 Å². The Kier molecular flexibility index (Phi) is 5.38. The van der Waals surface area contributed by atoms with Gasteiger partial charge >= 0.3 is 0 Å². The van der Waals surface area contributed by atoms with Crippen LogP contribution in [0.3, 0.4) is 0 Å². The third-order valence-electron chi connectivity index (χ3n) is 1.03. The average Bonchev–Trinajstić information content (AvgIpc) is 1.85. The summed E-state index contributed by atoms with van der Waals surface area (Å²) in [5.41, 5.74) is 0. The Labute approximate surface area is 57.7 Å². The Morgan fingerprint density at radius 1 is 1.44 bits per heavy atom. The molecular weight excluding hydrogens is 112 g/mol. The third-order valence-corrected chi connectivity index (χ3v) is 1.03. The van der Waals surface area contributed by atoms with Crippen molar-refractivity contribution in [2.75, 3.05) is 6.61 Å². The Hall–Kier alpha value is -0.460. The molecule has 0 aliphatic carbocycles. The lowest BCUT2D eigenvalue weighted by atomic mass is 10.4. The van der Waals surface area contributed by atoms with Crippen LogP contribution in [0.4, 0.5) is 0 Å². The second-order valence-corrected chi connectivity index (χ2v) is 2.07. The van der Waals surface area contributed by atoms with Gasteiger partial charge < -0.3 is 4.74 Å². The van der Waals surface area contributed by atoms with Crippen LogP contribution in [0.15, 0.2) is 11.8 Å². The fourth-order valence-corrected chi connectivity index (χ4v) is 0.609. The zero-order valence-corrected chi connectivity index (χ0v) is 6.61. The Bertz CT molecular complexity index is 84.6. The van der Waals surface area contributed by atoms with Crippen LogP contribution in [-0.4, -0.2) is 6.61 Å². The van der Waals surface area contributed by atoms with Gasteiger partial charge in [-0.05, 0) is 25.8 Å². The van der Waals surface area contributed by atoms with E-state index in [0.29, 0.717) is 0 Å². The topological polar surface area (TPSA) is 9.23 Å². The van der Waals surface area contributed by atoms with E-state index in [1.54, 1.807) is 0 Å². The maximum absolute atomic E-state index is 5.29. The molecule has 0 aliphatic rings. The molecule has 0 aliphatic heterocycles. The summed E-state index contributed by atoms with van der Waals surface area (Å²) in [4.78, 5) is 0. The van der Waals surface area contributed by atoms with E-state index in [1.165, 1.54) is 0 Å². The molecule has 0 unspecified atom stereocenters. The molecule has 0 radical (unpaired) electrons. The number of rotatable bonds is 4. The van der Waals surface area contributed by atoms with Gasteiger partial charge in [0, 0.05) is 0 Å². The van der Waals surface area contributed by atoms with E-state index >= 15 is 0 Å². The summed E-state index contributed by atoms with van der Waals surface area (Å²) < 4.78 is 5.29. The smallest absolute Gasteiger partial charge is 0.0888 e. The molecule has 0 saturated heterocycles. The van der Waals surface area contributed by atoms with Gasteiger partial charge in [-0.15, -0.1) is 0 Å². The van der Waals surface area contributed by atoms with Crippen molar-refractivity contribution < 1.29 is 4.74 Å². The summed E-state index contributed by atoms with van der Waals surface area (Å²) in [6.07, 6.45) is 4.25. The van der Waals surface area contributed by atoms with Gasteiger partial charge in [-0.3, -0.25) is 0 Å². The van der Waals surface area contributed by atoms with Crippen LogP contribution in [0.5, 0.6) is 0 Å². The molecule has 0 aromatic rings. The first-order valence-electron chi connectivity index (χ1n) is 3.60. The van der Waals surface area contributed by atoms with Crippen LogP contribution in [0.1, 0.15) is 33.6 Å². The lowest BCUT2D eigenvalue weighted by Crippen LogP contribution is -1.88. The first-order chi connectivity index (χ1) is 4.31. The maximum atomic E-state index is 5.29. The monoisotopic (exact) mass is 128 g/mol. The van der Waals surface area contributed by atoms with Crippen molar-refractivity contribution in [2.45, 2.75) is 33.6 Å². The minimum absolute atomic E-state index is 0.850. The number of hydrogen-bond donors (Lipinski definition) is 0. The van der Waals surface area contributed by atoms with Gasteiger partial charge in [0.1, 0.15) is 0 Å². The van der Waals surface area contributed by atoms with Gasteiger partial charge in [-0.25, -0.2) is 0 Å². The first-order valence-corrected chi connectivity index (χ1v) is 3.60. The largest absolute Gasteiger partial charge is 0.499 e. The second kappa shape index (κ2) is 5.67. The zero-order chi connectivity index (χ0) is 7.11. The molecule has 0 N–H and O–H groups in total. The van der Waals surface area contributed by atoms with Crippen molar-refractivity contribution in [1.29, 1.82) is 0 Å². The maximum Gasteiger partial charge on any atom is 0.0888 e. The normalized spacial score (nSPS) is 11.7. The van der Waals surface area contributed by atoms with E-state index in [0.717, 1.165) is 25.2 Å². The lowest BCUT2D eigenvalue weighted by Gasteiger charge is -2.02. The summed E-state index contributed by atoms with van der Waals surface area (Å²) in [5, 5.41) is 0. The van der Waals surface area contributed by atoms with E-state index in [9.17, 15) is 0 Å². The lowest BCUT2D eigenvalue weighted by molar-refractivity contribution is 0.213. The molecule has 0 fully saturated rings. The molecule has 0 aromatic carbocycles. The van der Waals surface area contributed by atoms with Gasteiger partial charge in [-0.1, -0.05) is 13.8 Å². The summed E-state index contributed by atoms with van der Waals surface area (Å²) in [5.74, 6) is 1.05. The Balaban J connectivity index is 3.25. The average molecular weight is 128 g/mol. The van der Waals surface area contributed by atoms with Crippen LogP contribution in [0.25, 0.3) is 0 Å². The van der Waals surface area contributed by atoms with E-state index in [2.05, 4.69) is 19.9 Å². The highest BCUT2D eigenvalue weighted by Crippen LogP contribution is 1.97. The number of allylic oxidation sites excluding steroid dienone is 2. The molecule has 0 heterocycles. The summed E-state index contributed by atoms with van der Waals surface area (Å²) >= 11 is 0. The molecule has 0 atom stereocenters. The highest BCUT2D eigenvalue weighted by atomic mass is 16.5. The van der Waals surface area contributed by atoms with Crippen LogP contribution < -0.4 is 0 Å². The molecule has 54 valence electrons.